The van der Waals surface area contributed by atoms with Crippen molar-refractivity contribution < 1.29 is 19.2 Å². The zero-order chi connectivity index (χ0) is 14.5. The molecule has 108 valence electrons. The van der Waals surface area contributed by atoms with Crippen molar-refractivity contribution >= 4 is 17.5 Å². The topological polar surface area (TPSA) is 104 Å². The lowest BCUT2D eigenvalue weighted by molar-refractivity contribution is -0.384. The highest BCUT2D eigenvalue weighted by atomic mass is 16.6. The number of nitro groups is 1. The zero-order valence-corrected chi connectivity index (χ0v) is 11.0. The van der Waals surface area contributed by atoms with Gasteiger partial charge in [-0.2, -0.15) is 0 Å². The van der Waals surface area contributed by atoms with E-state index in [1.165, 1.54) is 19.2 Å². The number of nitrogens with zero attached hydrogens (tertiary/aromatic N) is 2. The SMILES string of the molecule is COC(=O)c1ccc([N+](=O)[O-])c(NC2CCCOC2)n1. The first kappa shape index (κ1) is 14.2. The van der Waals surface area contributed by atoms with Gasteiger partial charge in [0.05, 0.1) is 24.7 Å². The van der Waals surface area contributed by atoms with E-state index in [0.29, 0.717) is 13.2 Å². The average Bonchev–Trinajstić information content (AvgIpc) is 2.47. The number of methoxy groups -OCH3 is 1. The highest BCUT2D eigenvalue weighted by molar-refractivity contribution is 5.88. The predicted octanol–water partition coefficient (Wildman–Crippen LogP) is 1.37. The Labute approximate surface area is 115 Å². The molecule has 8 nitrogen and oxygen atoms in total. The minimum Gasteiger partial charge on any atom is -0.464 e. The summed E-state index contributed by atoms with van der Waals surface area (Å²) in [4.78, 5) is 25.9. The van der Waals surface area contributed by atoms with Crippen LogP contribution in [0, 0.1) is 10.1 Å². The van der Waals surface area contributed by atoms with Gasteiger partial charge in [0.1, 0.15) is 0 Å². The van der Waals surface area contributed by atoms with E-state index in [-0.39, 0.29) is 23.2 Å². The molecule has 1 aliphatic rings. The minimum absolute atomic E-state index is 0.0253. The molecular formula is C12H15N3O5. The molecule has 0 radical (unpaired) electrons. The molecule has 0 aliphatic carbocycles. The summed E-state index contributed by atoms with van der Waals surface area (Å²) in [7, 11) is 1.23. The molecular weight excluding hydrogens is 266 g/mol. The Morgan fingerprint density at radius 1 is 1.60 bits per heavy atom. The van der Waals surface area contributed by atoms with Gasteiger partial charge in [0.15, 0.2) is 5.69 Å². The van der Waals surface area contributed by atoms with Crippen LogP contribution < -0.4 is 5.32 Å². The van der Waals surface area contributed by atoms with Gasteiger partial charge in [-0.15, -0.1) is 0 Å². The molecule has 1 saturated heterocycles. The molecule has 2 rings (SSSR count). The van der Waals surface area contributed by atoms with Crippen LogP contribution in [-0.2, 0) is 9.47 Å². The van der Waals surface area contributed by atoms with Crippen molar-refractivity contribution in [3.63, 3.8) is 0 Å². The molecule has 1 aliphatic heterocycles. The molecule has 0 amide bonds. The number of rotatable bonds is 4. The summed E-state index contributed by atoms with van der Waals surface area (Å²) in [5.41, 5.74) is -0.152. The fourth-order valence-electron chi connectivity index (χ4n) is 1.97. The molecule has 1 N–H and O–H groups in total. The van der Waals surface area contributed by atoms with Crippen LogP contribution in [0.25, 0.3) is 0 Å². The summed E-state index contributed by atoms with van der Waals surface area (Å²) in [5.74, 6) is -0.573. The lowest BCUT2D eigenvalue weighted by Gasteiger charge is -2.23. The number of carbonyl (C=O) groups excluding carboxylic acids is 1. The molecule has 0 bridgehead atoms. The molecule has 2 heterocycles. The van der Waals surface area contributed by atoms with Crippen molar-refractivity contribution in [3.05, 3.63) is 27.9 Å². The number of nitrogens with one attached hydrogen (secondary N) is 1. The van der Waals surface area contributed by atoms with Gasteiger partial charge in [0, 0.05) is 12.7 Å². The van der Waals surface area contributed by atoms with Crippen LogP contribution >= 0.6 is 0 Å². The Hall–Kier alpha value is -2.22. The standard InChI is InChI=1S/C12H15N3O5/c1-19-12(16)9-4-5-10(15(17)18)11(14-9)13-8-3-2-6-20-7-8/h4-5,8H,2-3,6-7H2,1H3,(H,13,14). The summed E-state index contributed by atoms with van der Waals surface area (Å²) in [6.07, 6.45) is 1.71. The van der Waals surface area contributed by atoms with Gasteiger partial charge in [-0.25, -0.2) is 9.78 Å². The number of anilines is 1. The van der Waals surface area contributed by atoms with Gasteiger partial charge < -0.3 is 14.8 Å². The highest BCUT2D eigenvalue weighted by Crippen LogP contribution is 2.24. The van der Waals surface area contributed by atoms with Crippen LogP contribution in [0.5, 0.6) is 0 Å². The molecule has 0 aromatic carbocycles. The Morgan fingerprint density at radius 3 is 3.00 bits per heavy atom. The third-order valence-electron chi connectivity index (χ3n) is 2.97. The fraction of sp³-hybridized carbons (Fsp3) is 0.500. The van der Waals surface area contributed by atoms with E-state index in [1.54, 1.807) is 0 Å². The summed E-state index contributed by atoms with van der Waals surface area (Å²) in [6, 6.07) is 2.46. The summed E-state index contributed by atoms with van der Waals surface area (Å²) >= 11 is 0. The maximum atomic E-state index is 11.4. The molecule has 1 fully saturated rings. The van der Waals surface area contributed by atoms with Crippen molar-refractivity contribution in [1.82, 2.24) is 4.98 Å². The van der Waals surface area contributed by atoms with Crippen LogP contribution in [0.1, 0.15) is 23.3 Å². The quantitative estimate of drug-likeness (QED) is 0.505. The number of ether oxygens (including phenoxy) is 2. The molecule has 0 spiro atoms. The number of hydrogen-bond donors (Lipinski definition) is 1. The van der Waals surface area contributed by atoms with E-state index in [9.17, 15) is 14.9 Å². The summed E-state index contributed by atoms with van der Waals surface area (Å²) in [6.45, 7) is 1.15. The van der Waals surface area contributed by atoms with Gasteiger partial charge >= 0.3 is 11.7 Å². The smallest absolute Gasteiger partial charge is 0.356 e. The van der Waals surface area contributed by atoms with E-state index >= 15 is 0 Å². The number of pyridine rings is 1. The monoisotopic (exact) mass is 281 g/mol. The van der Waals surface area contributed by atoms with E-state index in [1.807, 2.05) is 0 Å². The molecule has 1 aromatic rings. The van der Waals surface area contributed by atoms with Crippen molar-refractivity contribution in [2.45, 2.75) is 18.9 Å². The predicted molar refractivity (Wildman–Crippen MR) is 69.7 cm³/mol. The van der Waals surface area contributed by atoms with Gasteiger partial charge in [-0.1, -0.05) is 0 Å². The second kappa shape index (κ2) is 6.29. The number of esters is 1. The number of hydrogen-bond acceptors (Lipinski definition) is 7. The van der Waals surface area contributed by atoms with Crippen molar-refractivity contribution in [3.8, 4) is 0 Å². The third-order valence-corrected chi connectivity index (χ3v) is 2.97. The molecule has 0 saturated carbocycles. The van der Waals surface area contributed by atoms with Crippen LogP contribution in [-0.4, -0.2) is 42.2 Å². The second-order valence-corrected chi connectivity index (χ2v) is 4.37. The lowest BCUT2D eigenvalue weighted by Crippen LogP contribution is -2.30. The Balaban J connectivity index is 2.26. The zero-order valence-electron chi connectivity index (χ0n) is 11.0. The van der Waals surface area contributed by atoms with Crippen LogP contribution in [0.4, 0.5) is 11.5 Å². The average molecular weight is 281 g/mol. The van der Waals surface area contributed by atoms with E-state index in [2.05, 4.69) is 15.0 Å². The van der Waals surface area contributed by atoms with Crippen molar-refractivity contribution in [2.24, 2.45) is 0 Å². The van der Waals surface area contributed by atoms with Crippen LogP contribution in [0.3, 0.4) is 0 Å². The van der Waals surface area contributed by atoms with Crippen LogP contribution in [0.2, 0.25) is 0 Å². The first-order chi connectivity index (χ1) is 9.61. The summed E-state index contributed by atoms with van der Waals surface area (Å²) in [5, 5.41) is 14.0. The van der Waals surface area contributed by atoms with E-state index < -0.39 is 10.9 Å². The maximum Gasteiger partial charge on any atom is 0.356 e. The molecule has 1 atom stereocenters. The van der Waals surface area contributed by atoms with Crippen molar-refractivity contribution in [2.75, 3.05) is 25.6 Å². The maximum absolute atomic E-state index is 11.4. The number of aromatic nitrogens is 1. The lowest BCUT2D eigenvalue weighted by atomic mass is 10.1. The molecule has 20 heavy (non-hydrogen) atoms. The Morgan fingerprint density at radius 2 is 2.40 bits per heavy atom. The van der Waals surface area contributed by atoms with Crippen molar-refractivity contribution in [1.29, 1.82) is 0 Å². The fourth-order valence-corrected chi connectivity index (χ4v) is 1.97. The highest BCUT2D eigenvalue weighted by Gasteiger charge is 2.22. The summed E-state index contributed by atoms with van der Waals surface area (Å²) < 4.78 is 9.86. The van der Waals surface area contributed by atoms with Gasteiger partial charge in [-0.3, -0.25) is 10.1 Å². The molecule has 1 aromatic heterocycles. The first-order valence-corrected chi connectivity index (χ1v) is 6.20. The Kier molecular flexibility index (Phi) is 4.46. The van der Waals surface area contributed by atoms with Gasteiger partial charge in [0.25, 0.3) is 0 Å². The number of carbonyl (C=O) groups is 1. The van der Waals surface area contributed by atoms with Crippen LogP contribution in [0.15, 0.2) is 12.1 Å². The first-order valence-electron chi connectivity index (χ1n) is 6.20. The van der Waals surface area contributed by atoms with E-state index in [4.69, 9.17) is 4.74 Å². The molecule has 1 unspecified atom stereocenters. The largest absolute Gasteiger partial charge is 0.464 e. The van der Waals surface area contributed by atoms with Gasteiger partial charge in [0.2, 0.25) is 5.82 Å². The molecule has 8 heteroatoms. The normalized spacial score (nSPS) is 18.4. The minimum atomic E-state index is -0.636. The van der Waals surface area contributed by atoms with E-state index in [0.717, 1.165) is 12.8 Å². The van der Waals surface area contributed by atoms with Gasteiger partial charge in [-0.05, 0) is 18.9 Å². The third kappa shape index (κ3) is 3.21. The Bertz CT molecular complexity index is 514. The second-order valence-electron chi connectivity index (χ2n) is 4.37.